The third-order valence-corrected chi connectivity index (χ3v) is 10.8. The van der Waals surface area contributed by atoms with Crippen molar-refractivity contribution in [2.75, 3.05) is 13.2 Å². The van der Waals surface area contributed by atoms with Crippen molar-refractivity contribution in [3.8, 4) is 0 Å². The molecule has 1 saturated carbocycles. The summed E-state index contributed by atoms with van der Waals surface area (Å²) in [5, 5.41) is 16.4. The van der Waals surface area contributed by atoms with Gasteiger partial charge in [-0.05, 0) is 58.0 Å². The Balaban J connectivity index is 1.17. The predicted octanol–water partition coefficient (Wildman–Crippen LogP) is 3.81. The summed E-state index contributed by atoms with van der Waals surface area (Å²) < 4.78 is 21.1. The molecule has 262 valence electrons. The molecule has 8 rings (SSSR count). The quantitative estimate of drug-likeness (QED) is 0.162. The maximum Gasteiger partial charge on any atom is 0.327 e. The molecule has 4 aromatic carbocycles. The van der Waals surface area contributed by atoms with Crippen LogP contribution in [0.25, 0.3) is 0 Å². The lowest BCUT2D eigenvalue weighted by Gasteiger charge is -2.48. The van der Waals surface area contributed by atoms with Gasteiger partial charge < -0.3 is 30.0 Å². The number of hydroxylamine groups is 2. The molecule has 2 amide bonds. The average molecular weight is 802 g/mol. The molecule has 6 unspecified atom stereocenters. The van der Waals surface area contributed by atoms with Crippen LogP contribution in [0, 0.1) is 8.99 Å². The Bertz CT molecular complexity index is 1910. The van der Waals surface area contributed by atoms with E-state index in [1.165, 1.54) is 0 Å². The number of fused-ring (bicyclic) bond motifs is 4. The van der Waals surface area contributed by atoms with E-state index in [0.717, 1.165) is 20.3 Å². The lowest BCUT2D eigenvalue weighted by molar-refractivity contribution is -0.213. The van der Waals surface area contributed by atoms with Crippen LogP contribution < -0.4 is 10.6 Å². The highest BCUT2D eigenvalue weighted by Gasteiger charge is 2.76. The summed E-state index contributed by atoms with van der Waals surface area (Å²) >= 11 is 2.24. The first-order valence-electron chi connectivity index (χ1n) is 16.9. The molecule has 6 atom stereocenters. The molecule has 4 fully saturated rings. The molecule has 11 nitrogen and oxygen atoms in total. The van der Waals surface area contributed by atoms with Crippen LogP contribution in [0.15, 0.2) is 109 Å². The molecular formula is C39H36IN3O8. The largest absolute Gasteiger partial charge is 0.458 e. The van der Waals surface area contributed by atoms with Crippen LogP contribution in [0.3, 0.4) is 0 Å². The summed E-state index contributed by atoms with van der Waals surface area (Å²) in [5.41, 5.74) is 2.14. The first-order valence-corrected chi connectivity index (χ1v) is 18.0. The Morgan fingerprint density at radius 1 is 0.843 bits per heavy atom. The Labute approximate surface area is 308 Å². The third kappa shape index (κ3) is 5.93. The zero-order valence-corrected chi connectivity index (χ0v) is 29.6. The predicted molar refractivity (Wildman–Crippen MR) is 191 cm³/mol. The Kier molecular flexibility index (Phi) is 9.15. The van der Waals surface area contributed by atoms with Gasteiger partial charge in [0.1, 0.15) is 29.8 Å². The van der Waals surface area contributed by atoms with E-state index in [4.69, 9.17) is 24.2 Å². The van der Waals surface area contributed by atoms with Crippen molar-refractivity contribution < 1.29 is 38.5 Å². The molecule has 51 heavy (non-hydrogen) atoms. The number of aliphatic hydroxyl groups is 1. The van der Waals surface area contributed by atoms with Crippen LogP contribution in [0.1, 0.15) is 39.0 Å². The van der Waals surface area contributed by atoms with E-state index < -0.39 is 47.6 Å². The SMILES string of the molecule is O=C(NCCO)c1cccc(CNC(=O)C23CC4OC(=O)C2N(Cc2cccc(I)c2)OC3C2OC(c3ccccc3)(c3ccccc3)OC42)c1. The van der Waals surface area contributed by atoms with Crippen molar-refractivity contribution >= 4 is 40.4 Å². The minimum absolute atomic E-state index is 0.0984. The fraction of sp³-hybridized carbons (Fsp3) is 0.308. The van der Waals surface area contributed by atoms with E-state index in [1.807, 2.05) is 91.0 Å². The van der Waals surface area contributed by atoms with Crippen LogP contribution in [0.2, 0.25) is 0 Å². The van der Waals surface area contributed by atoms with Gasteiger partial charge in [0.15, 0.2) is 6.04 Å². The van der Waals surface area contributed by atoms with E-state index in [-0.39, 0.29) is 44.5 Å². The molecule has 0 aromatic heterocycles. The molecular weight excluding hydrogens is 765 g/mol. The van der Waals surface area contributed by atoms with Crippen LogP contribution in [0.4, 0.5) is 0 Å². The maximum atomic E-state index is 14.8. The van der Waals surface area contributed by atoms with Gasteiger partial charge in [-0.1, -0.05) is 84.9 Å². The molecule has 2 bridgehead atoms. The molecule has 12 heteroatoms. The fourth-order valence-electron chi connectivity index (χ4n) is 7.94. The van der Waals surface area contributed by atoms with Crippen LogP contribution in [0.5, 0.6) is 0 Å². The standard InChI is InChI=1S/C39H36IN3O8/c40-29-16-8-10-25(20-29)23-43-33-36(46)48-30-21-38(33,37(47)42-22-24-9-7-11-26(19-24)35(45)41-17-18-44)34(51-43)32-31(30)49-39(50-32,27-12-3-1-4-13-27)28-14-5-2-6-15-28/h1-16,19-20,30-34,44H,17-18,21-23H2,(H,41,45)(H,42,47). The number of esters is 1. The van der Waals surface area contributed by atoms with E-state index in [9.17, 15) is 14.4 Å². The number of nitrogens with one attached hydrogen (secondary N) is 2. The number of ether oxygens (including phenoxy) is 3. The number of hydrogen-bond acceptors (Lipinski definition) is 9. The molecule has 4 aliphatic rings. The normalized spacial score (nSPS) is 27.3. The van der Waals surface area contributed by atoms with Gasteiger partial charge in [-0.25, -0.2) is 0 Å². The summed E-state index contributed by atoms with van der Waals surface area (Å²) in [7, 11) is 0. The van der Waals surface area contributed by atoms with E-state index >= 15 is 0 Å². The lowest BCUT2D eigenvalue weighted by atomic mass is 9.62. The average Bonchev–Trinajstić information content (AvgIpc) is 3.73. The summed E-state index contributed by atoms with van der Waals surface area (Å²) in [6.07, 6.45) is -3.03. The van der Waals surface area contributed by atoms with Crippen molar-refractivity contribution in [1.29, 1.82) is 0 Å². The summed E-state index contributed by atoms with van der Waals surface area (Å²) in [5.74, 6) is -2.61. The monoisotopic (exact) mass is 801 g/mol. The Morgan fingerprint density at radius 2 is 1.53 bits per heavy atom. The van der Waals surface area contributed by atoms with Gasteiger partial charge >= 0.3 is 5.97 Å². The second kappa shape index (κ2) is 13.7. The van der Waals surface area contributed by atoms with Gasteiger partial charge in [-0.3, -0.25) is 19.2 Å². The summed E-state index contributed by atoms with van der Waals surface area (Å²) in [4.78, 5) is 48.2. The van der Waals surface area contributed by atoms with Crippen molar-refractivity contribution in [3.05, 3.63) is 141 Å². The van der Waals surface area contributed by atoms with Gasteiger partial charge in [0.2, 0.25) is 11.7 Å². The number of halogens is 1. The topological polar surface area (TPSA) is 136 Å². The zero-order chi connectivity index (χ0) is 35.2. The lowest BCUT2D eigenvalue weighted by Crippen LogP contribution is -2.69. The first-order chi connectivity index (χ1) is 24.8. The first kappa shape index (κ1) is 33.9. The number of hydrogen-bond donors (Lipinski definition) is 3. The number of rotatable bonds is 10. The van der Waals surface area contributed by atoms with Gasteiger partial charge in [-0.15, -0.1) is 0 Å². The maximum absolute atomic E-state index is 14.8. The van der Waals surface area contributed by atoms with Crippen LogP contribution >= 0.6 is 22.6 Å². The number of nitrogens with zero attached hydrogens (tertiary/aromatic N) is 1. The van der Waals surface area contributed by atoms with E-state index in [1.54, 1.807) is 23.3 Å². The molecule has 1 aliphatic carbocycles. The highest BCUT2D eigenvalue weighted by atomic mass is 127. The van der Waals surface area contributed by atoms with E-state index in [0.29, 0.717) is 11.1 Å². The molecule has 3 aliphatic heterocycles. The van der Waals surface area contributed by atoms with Crippen LogP contribution in [-0.4, -0.2) is 71.6 Å². The van der Waals surface area contributed by atoms with Crippen molar-refractivity contribution in [2.45, 2.75) is 55.8 Å². The summed E-state index contributed by atoms with van der Waals surface area (Å²) in [6, 6.07) is 33.0. The minimum Gasteiger partial charge on any atom is -0.458 e. The number of carbonyl (C=O) groups is 3. The molecule has 4 aromatic rings. The van der Waals surface area contributed by atoms with Gasteiger partial charge in [-0.2, -0.15) is 5.06 Å². The van der Waals surface area contributed by atoms with Crippen LogP contribution in [-0.2, 0) is 47.5 Å². The van der Waals surface area contributed by atoms with Crippen molar-refractivity contribution in [2.24, 2.45) is 5.41 Å². The zero-order valence-electron chi connectivity index (χ0n) is 27.4. The minimum atomic E-state index is -1.38. The summed E-state index contributed by atoms with van der Waals surface area (Å²) in [6.45, 7) is 0.289. The highest BCUT2D eigenvalue weighted by molar-refractivity contribution is 14.1. The van der Waals surface area contributed by atoms with E-state index in [2.05, 4.69) is 33.2 Å². The molecule has 0 spiro atoms. The van der Waals surface area contributed by atoms with Gasteiger partial charge in [0.25, 0.3) is 5.91 Å². The van der Waals surface area contributed by atoms with Gasteiger partial charge in [0, 0.05) is 39.8 Å². The smallest absolute Gasteiger partial charge is 0.327 e. The third-order valence-electron chi connectivity index (χ3n) is 10.2. The Hall–Kier alpha value is -4.18. The molecule has 3 heterocycles. The number of benzene rings is 4. The second-order valence-corrected chi connectivity index (χ2v) is 14.5. The molecule has 3 N–H and O–H groups in total. The van der Waals surface area contributed by atoms with Crippen molar-refractivity contribution in [1.82, 2.24) is 15.7 Å². The Morgan fingerprint density at radius 3 is 2.24 bits per heavy atom. The fourth-order valence-corrected chi connectivity index (χ4v) is 8.55. The number of aliphatic hydroxyl groups excluding tert-OH is 1. The second-order valence-electron chi connectivity index (χ2n) is 13.2. The van der Waals surface area contributed by atoms with Crippen molar-refractivity contribution in [3.63, 3.8) is 0 Å². The number of amides is 2. The highest BCUT2D eigenvalue weighted by Crippen LogP contribution is 2.59. The molecule has 0 radical (unpaired) electrons. The number of carbonyl (C=O) groups excluding carboxylic acids is 3. The molecule has 3 saturated heterocycles. The van der Waals surface area contributed by atoms with Gasteiger partial charge in [0.05, 0.1) is 13.2 Å².